The van der Waals surface area contributed by atoms with Crippen LogP contribution in [0.3, 0.4) is 0 Å². The van der Waals surface area contributed by atoms with Gasteiger partial charge in [-0.3, -0.25) is 0 Å². The van der Waals surface area contributed by atoms with Crippen molar-refractivity contribution in [2.75, 3.05) is 0 Å². The fourth-order valence-electron chi connectivity index (χ4n) is 2.34. The van der Waals surface area contributed by atoms with Crippen LogP contribution >= 0.6 is 11.6 Å². The molecule has 2 atom stereocenters. The Kier molecular flexibility index (Phi) is 3.32. The predicted octanol–water partition coefficient (Wildman–Crippen LogP) is 3.34. The zero-order chi connectivity index (χ0) is 9.97. The van der Waals surface area contributed by atoms with Gasteiger partial charge in [0.05, 0.1) is 11.1 Å². The van der Waals surface area contributed by atoms with Crippen molar-refractivity contribution in [3.63, 3.8) is 0 Å². The standard InChI is InChI=1S/C11H18ClNO/c1-8(12)11-7-10(13-14-11)9-5-3-2-4-6-9/h8-9,11H,2-7H2,1H3. The van der Waals surface area contributed by atoms with Crippen LogP contribution in [0.5, 0.6) is 0 Å². The minimum Gasteiger partial charge on any atom is -0.391 e. The lowest BCUT2D eigenvalue weighted by atomic mass is 9.84. The van der Waals surface area contributed by atoms with Crippen molar-refractivity contribution in [3.05, 3.63) is 0 Å². The molecule has 2 rings (SSSR count). The van der Waals surface area contributed by atoms with Gasteiger partial charge in [-0.05, 0) is 19.8 Å². The number of oxime groups is 1. The molecule has 0 spiro atoms. The average Bonchev–Trinajstić information content (AvgIpc) is 2.68. The lowest BCUT2D eigenvalue weighted by molar-refractivity contribution is 0.0854. The molecule has 0 saturated heterocycles. The Morgan fingerprint density at radius 1 is 1.36 bits per heavy atom. The molecule has 0 aromatic carbocycles. The van der Waals surface area contributed by atoms with E-state index in [1.165, 1.54) is 37.8 Å². The molecule has 80 valence electrons. The number of alkyl halides is 1. The van der Waals surface area contributed by atoms with E-state index in [1.54, 1.807) is 0 Å². The lowest BCUT2D eigenvalue weighted by Gasteiger charge is -2.20. The number of hydrogen-bond donors (Lipinski definition) is 0. The number of rotatable bonds is 2. The molecule has 14 heavy (non-hydrogen) atoms. The quantitative estimate of drug-likeness (QED) is 0.648. The van der Waals surface area contributed by atoms with Gasteiger partial charge in [0, 0.05) is 12.3 Å². The van der Waals surface area contributed by atoms with E-state index in [1.807, 2.05) is 6.92 Å². The van der Waals surface area contributed by atoms with Gasteiger partial charge in [0.25, 0.3) is 0 Å². The van der Waals surface area contributed by atoms with Crippen LogP contribution in [0, 0.1) is 5.92 Å². The molecule has 0 radical (unpaired) electrons. The van der Waals surface area contributed by atoms with Crippen LogP contribution in [0.15, 0.2) is 5.16 Å². The molecular formula is C11H18ClNO. The highest BCUT2D eigenvalue weighted by Gasteiger charge is 2.30. The SMILES string of the molecule is CC(Cl)C1CC(C2CCCCC2)=NO1. The van der Waals surface area contributed by atoms with E-state index in [-0.39, 0.29) is 11.5 Å². The van der Waals surface area contributed by atoms with E-state index >= 15 is 0 Å². The Labute approximate surface area is 90.6 Å². The highest BCUT2D eigenvalue weighted by Crippen LogP contribution is 2.30. The van der Waals surface area contributed by atoms with Gasteiger partial charge in [0.1, 0.15) is 6.10 Å². The first-order valence-corrected chi connectivity index (χ1v) is 6.07. The van der Waals surface area contributed by atoms with Gasteiger partial charge in [-0.2, -0.15) is 0 Å². The first-order valence-electron chi connectivity index (χ1n) is 5.64. The minimum atomic E-state index is 0.0693. The summed E-state index contributed by atoms with van der Waals surface area (Å²) in [5, 5.41) is 4.26. The van der Waals surface area contributed by atoms with Crippen molar-refractivity contribution >= 4 is 17.3 Å². The summed E-state index contributed by atoms with van der Waals surface area (Å²) >= 11 is 5.99. The van der Waals surface area contributed by atoms with Crippen molar-refractivity contribution in [3.8, 4) is 0 Å². The smallest absolute Gasteiger partial charge is 0.148 e. The van der Waals surface area contributed by atoms with E-state index in [9.17, 15) is 0 Å². The minimum absolute atomic E-state index is 0.0693. The van der Waals surface area contributed by atoms with Gasteiger partial charge >= 0.3 is 0 Å². The maximum atomic E-state index is 5.99. The molecule has 1 aliphatic heterocycles. The van der Waals surface area contributed by atoms with Crippen molar-refractivity contribution in [2.24, 2.45) is 11.1 Å². The summed E-state index contributed by atoms with van der Waals surface area (Å²) in [5.41, 5.74) is 1.27. The second-order valence-electron chi connectivity index (χ2n) is 4.44. The van der Waals surface area contributed by atoms with Crippen molar-refractivity contribution in [2.45, 2.75) is 56.9 Å². The summed E-state index contributed by atoms with van der Waals surface area (Å²) in [5.74, 6) is 0.684. The topological polar surface area (TPSA) is 21.6 Å². The first-order chi connectivity index (χ1) is 6.77. The molecule has 1 aliphatic carbocycles. The van der Waals surface area contributed by atoms with Crippen LogP contribution in [0.2, 0.25) is 0 Å². The molecule has 1 heterocycles. The summed E-state index contributed by atoms with van der Waals surface area (Å²) in [6.45, 7) is 1.98. The molecule has 2 unspecified atom stereocenters. The second kappa shape index (κ2) is 4.52. The van der Waals surface area contributed by atoms with Gasteiger partial charge < -0.3 is 4.84 Å². The highest BCUT2D eigenvalue weighted by atomic mass is 35.5. The zero-order valence-corrected chi connectivity index (χ0v) is 9.46. The Morgan fingerprint density at radius 2 is 2.07 bits per heavy atom. The third kappa shape index (κ3) is 2.22. The second-order valence-corrected chi connectivity index (χ2v) is 5.13. The molecule has 0 amide bonds. The summed E-state index contributed by atoms with van der Waals surface area (Å²) < 4.78 is 0. The normalized spacial score (nSPS) is 31.0. The van der Waals surface area contributed by atoms with Crippen LogP contribution in [0.25, 0.3) is 0 Å². The van der Waals surface area contributed by atoms with Crippen LogP contribution in [-0.2, 0) is 4.84 Å². The average molecular weight is 216 g/mol. The molecule has 1 saturated carbocycles. The third-order valence-electron chi connectivity index (χ3n) is 3.30. The molecule has 0 aromatic heterocycles. The van der Waals surface area contributed by atoms with Gasteiger partial charge in [-0.1, -0.05) is 24.4 Å². The summed E-state index contributed by atoms with van der Waals surface area (Å²) in [7, 11) is 0. The van der Waals surface area contributed by atoms with E-state index < -0.39 is 0 Å². The van der Waals surface area contributed by atoms with Crippen molar-refractivity contribution < 1.29 is 4.84 Å². The summed E-state index contributed by atoms with van der Waals surface area (Å²) in [6, 6.07) is 0. The van der Waals surface area contributed by atoms with Crippen LogP contribution in [-0.4, -0.2) is 17.2 Å². The van der Waals surface area contributed by atoms with E-state index in [0.717, 1.165) is 6.42 Å². The monoisotopic (exact) mass is 215 g/mol. The van der Waals surface area contributed by atoms with E-state index in [2.05, 4.69) is 5.16 Å². The highest BCUT2D eigenvalue weighted by molar-refractivity contribution is 6.21. The molecule has 2 nitrogen and oxygen atoms in total. The maximum Gasteiger partial charge on any atom is 0.148 e. The Morgan fingerprint density at radius 3 is 2.64 bits per heavy atom. The van der Waals surface area contributed by atoms with Gasteiger partial charge in [-0.25, -0.2) is 0 Å². The number of hydrogen-bond acceptors (Lipinski definition) is 2. The molecule has 0 aromatic rings. The lowest BCUT2D eigenvalue weighted by Crippen LogP contribution is -2.22. The Hall–Kier alpha value is -0.240. The van der Waals surface area contributed by atoms with E-state index in [4.69, 9.17) is 16.4 Å². The van der Waals surface area contributed by atoms with Crippen LogP contribution in [0.4, 0.5) is 0 Å². The largest absolute Gasteiger partial charge is 0.391 e. The Balaban J connectivity index is 1.87. The van der Waals surface area contributed by atoms with Crippen LogP contribution in [0.1, 0.15) is 45.4 Å². The predicted molar refractivity (Wildman–Crippen MR) is 58.8 cm³/mol. The number of nitrogens with zero attached hydrogens (tertiary/aromatic N) is 1. The first kappa shape index (κ1) is 10.3. The molecular weight excluding hydrogens is 198 g/mol. The third-order valence-corrected chi connectivity index (χ3v) is 3.59. The molecule has 1 fully saturated rings. The summed E-state index contributed by atoms with van der Waals surface area (Å²) in [4.78, 5) is 5.34. The molecule has 0 bridgehead atoms. The van der Waals surface area contributed by atoms with Gasteiger partial charge in [-0.15, -0.1) is 11.6 Å². The van der Waals surface area contributed by atoms with Gasteiger partial charge in [0.15, 0.2) is 0 Å². The molecule has 2 aliphatic rings. The number of halogens is 1. The van der Waals surface area contributed by atoms with Gasteiger partial charge in [0.2, 0.25) is 0 Å². The van der Waals surface area contributed by atoms with Crippen molar-refractivity contribution in [1.29, 1.82) is 0 Å². The maximum absolute atomic E-state index is 5.99. The fraction of sp³-hybridized carbons (Fsp3) is 0.909. The van der Waals surface area contributed by atoms with E-state index in [0.29, 0.717) is 5.92 Å². The zero-order valence-electron chi connectivity index (χ0n) is 8.71. The molecule has 3 heteroatoms. The fourth-order valence-corrected chi connectivity index (χ4v) is 2.47. The van der Waals surface area contributed by atoms with Crippen LogP contribution < -0.4 is 0 Å². The Bertz CT molecular complexity index is 221. The molecule has 0 N–H and O–H groups in total. The summed E-state index contributed by atoms with van der Waals surface area (Å²) in [6.07, 6.45) is 7.76. The van der Waals surface area contributed by atoms with Crippen molar-refractivity contribution in [1.82, 2.24) is 0 Å².